The molecule has 0 aliphatic heterocycles. The standard InChI is InChI=1S/C6Br3F2/c7-2-1-3(10)6(11)5(9)4(2)8. The van der Waals surface area contributed by atoms with Crippen molar-refractivity contribution < 1.29 is 8.78 Å². The van der Waals surface area contributed by atoms with Gasteiger partial charge in [-0.15, -0.1) is 0 Å². The van der Waals surface area contributed by atoms with Gasteiger partial charge in [0.2, 0.25) is 0 Å². The molecular weight excluding hydrogens is 350 g/mol. The summed E-state index contributed by atoms with van der Waals surface area (Å²) in [6.45, 7) is 0. The van der Waals surface area contributed by atoms with Crippen molar-refractivity contribution in [1.82, 2.24) is 0 Å². The zero-order valence-electron chi connectivity index (χ0n) is 4.89. The maximum absolute atomic E-state index is 12.7. The third-order valence-electron chi connectivity index (χ3n) is 0.990. The Morgan fingerprint density at radius 2 is 1.55 bits per heavy atom. The summed E-state index contributed by atoms with van der Waals surface area (Å²) in [5.41, 5.74) is 0. The van der Waals surface area contributed by atoms with E-state index in [4.69, 9.17) is 0 Å². The number of benzene rings is 1. The van der Waals surface area contributed by atoms with E-state index >= 15 is 0 Å². The van der Waals surface area contributed by atoms with Gasteiger partial charge in [0.15, 0.2) is 11.6 Å². The highest BCUT2D eigenvalue weighted by Gasteiger charge is 2.13. The quantitative estimate of drug-likeness (QED) is 0.489. The minimum Gasteiger partial charge on any atom is -0.203 e. The van der Waals surface area contributed by atoms with Crippen LogP contribution in [0.5, 0.6) is 0 Å². The minimum atomic E-state index is -1.01. The summed E-state index contributed by atoms with van der Waals surface area (Å²) in [6.07, 6.45) is 0. The summed E-state index contributed by atoms with van der Waals surface area (Å²) in [5, 5.41) is 0. The predicted molar refractivity (Wildman–Crippen MR) is 48.3 cm³/mol. The summed E-state index contributed by atoms with van der Waals surface area (Å²) in [5.74, 6) is -1.95. The predicted octanol–water partition coefficient (Wildman–Crippen LogP) is 4.05. The molecule has 0 unspecified atom stereocenters. The molecule has 11 heavy (non-hydrogen) atoms. The molecule has 0 saturated heterocycles. The Kier molecular flexibility index (Phi) is 3.05. The average Bonchev–Trinajstić information content (AvgIpc) is 1.97. The first-order valence-corrected chi connectivity index (χ1v) is 4.82. The molecule has 1 rings (SSSR count). The fourth-order valence-electron chi connectivity index (χ4n) is 0.495. The SMILES string of the molecule is Fc1[c]c(Br)c(Br)c(Br)c1F. The maximum atomic E-state index is 12.7. The van der Waals surface area contributed by atoms with E-state index in [2.05, 4.69) is 53.9 Å². The fourth-order valence-corrected chi connectivity index (χ4v) is 1.78. The molecule has 1 aromatic carbocycles. The molecular formula is C6Br3F2. The van der Waals surface area contributed by atoms with Gasteiger partial charge in [-0.25, -0.2) is 8.78 Å². The molecule has 0 fully saturated rings. The lowest BCUT2D eigenvalue weighted by atomic mass is 10.3. The molecule has 1 aromatic rings. The van der Waals surface area contributed by atoms with Crippen molar-refractivity contribution >= 4 is 47.8 Å². The highest BCUT2D eigenvalue weighted by Crippen LogP contribution is 2.33. The highest BCUT2D eigenvalue weighted by molar-refractivity contribution is 9.14. The van der Waals surface area contributed by atoms with Crippen LogP contribution in [-0.2, 0) is 0 Å². The second kappa shape index (κ2) is 3.49. The van der Waals surface area contributed by atoms with Crippen LogP contribution in [0.2, 0.25) is 0 Å². The van der Waals surface area contributed by atoms with Crippen molar-refractivity contribution in [3.63, 3.8) is 0 Å². The van der Waals surface area contributed by atoms with E-state index in [0.29, 0.717) is 8.95 Å². The first kappa shape index (κ1) is 9.61. The summed E-state index contributed by atoms with van der Waals surface area (Å²) in [4.78, 5) is 0. The van der Waals surface area contributed by atoms with Gasteiger partial charge in [0.25, 0.3) is 0 Å². The molecule has 0 saturated carbocycles. The third-order valence-corrected chi connectivity index (χ3v) is 4.19. The van der Waals surface area contributed by atoms with Crippen molar-refractivity contribution in [1.29, 1.82) is 0 Å². The van der Waals surface area contributed by atoms with Gasteiger partial charge in [-0.1, -0.05) is 0 Å². The molecule has 0 atom stereocenters. The third kappa shape index (κ3) is 1.81. The maximum Gasteiger partial charge on any atom is 0.174 e. The minimum absolute atomic E-state index is 0.0561. The van der Waals surface area contributed by atoms with Crippen molar-refractivity contribution in [2.24, 2.45) is 0 Å². The average molecular weight is 350 g/mol. The summed E-state index contributed by atoms with van der Waals surface area (Å²) < 4.78 is 26.0. The van der Waals surface area contributed by atoms with Crippen LogP contribution >= 0.6 is 47.8 Å². The van der Waals surface area contributed by atoms with Crippen LogP contribution in [0, 0.1) is 17.7 Å². The van der Waals surface area contributed by atoms with Crippen molar-refractivity contribution in [2.75, 3.05) is 0 Å². The summed E-state index contributed by atoms with van der Waals surface area (Å²) >= 11 is 8.89. The lowest BCUT2D eigenvalue weighted by Crippen LogP contribution is -1.87. The Hall–Kier alpha value is 0.520. The van der Waals surface area contributed by atoms with E-state index in [9.17, 15) is 8.78 Å². The van der Waals surface area contributed by atoms with Crippen LogP contribution in [0.4, 0.5) is 8.78 Å². The van der Waals surface area contributed by atoms with Gasteiger partial charge < -0.3 is 0 Å². The van der Waals surface area contributed by atoms with Crippen LogP contribution in [-0.4, -0.2) is 0 Å². The molecule has 0 aromatic heterocycles. The molecule has 5 heteroatoms. The number of hydrogen-bond donors (Lipinski definition) is 0. The molecule has 0 nitrogen and oxygen atoms in total. The van der Waals surface area contributed by atoms with Crippen LogP contribution in [0.1, 0.15) is 0 Å². The Morgan fingerprint density at radius 1 is 1.00 bits per heavy atom. The number of hydrogen-bond acceptors (Lipinski definition) is 0. The number of rotatable bonds is 0. The van der Waals surface area contributed by atoms with Crippen LogP contribution in [0.15, 0.2) is 13.4 Å². The van der Waals surface area contributed by atoms with E-state index in [1.165, 1.54) is 0 Å². The Labute approximate surface area is 87.4 Å². The van der Waals surface area contributed by atoms with E-state index < -0.39 is 11.6 Å². The van der Waals surface area contributed by atoms with Gasteiger partial charge in [0.05, 0.1) is 4.47 Å². The molecule has 0 heterocycles. The van der Waals surface area contributed by atoms with Gasteiger partial charge in [-0.05, 0) is 47.8 Å². The van der Waals surface area contributed by atoms with Gasteiger partial charge in [0.1, 0.15) is 0 Å². The molecule has 0 spiro atoms. The van der Waals surface area contributed by atoms with E-state index in [-0.39, 0.29) is 4.47 Å². The lowest BCUT2D eigenvalue weighted by Gasteiger charge is -2.00. The molecule has 0 aliphatic carbocycles. The first-order chi connectivity index (χ1) is 5.04. The Bertz CT molecular complexity index is 272. The van der Waals surface area contributed by atoms with Crippen LogP contribution in [0.25, 0.3) is 0 Å². The monoisotopic (exact) mass is 347 g/mol. The second-order valence-electron chi connectivity index (χ2n) is 1.69. The topological polar surface area (TPSA) is 0 Å². The molecule has 0 amide bonds. The molecule has 1 radical (unpaired) electrons. The smallest absolute Gasteiger partial charge is 0.174 e. The fraction of sp³-hybridized carbons (Fsp3) is 0. The highest BCUT2D eigenvalue weighted by atomic mass is 79.9. The normalized spacial score (nSPS) is 10.3. The largest absolute Gasteiger partial charge is 0.203 e. The van der Waals surface area contributed by atoms with Crippen molar-refractivity contribution in [3.8, 4) is 0 Å². The molecule has 59 valence electrons. The van der Waals surface area contributed by atoms with Crippen LogP contribution < -0.4 is 0 Å². The Morgan fingerprint density at radius 3 is 2.09 bits per heavy atom. The Balaban J connectivity index is 3.46. The van der Waals surface area contributed by atoms with E-state index in [1.807, 2.05) is 0 Å². The summed E-state index contributed by atoms with van der Waals surface area (Å²) in [7, 11) is 0. The van der Waals surface area contributed by atoms with Gasteiger partial charge in [-0.3, -0.25) is 0 Å². The van der Waals surface area contributed by atoms with Crippen molar-refractivity contribution in [3.05, 3.63) is 31.1 Å². The second-order valence-corrected chi connectivity index (χ2v) is 4.07. The first-order valence-electron chi connectivity index (χ1n) is 2.44. The molecule has 0 aliphatic rings. The molecule has 0 bridgehead atoms. The van der Waals surface area contributed by atoms with Gasteiger partial charge >= 0.3 is 0 Å². The summed E-state index contributed by atoms with van der Waals surface area (Å²) in [6, 6.07) is 2.15. The van der Waals surface area contributed by atoms with Crippen LogP contribution in [0.3, 0.4) is 0 Å². The number of halogens is 5. The zero-order chi connectivity index (χ0) is 8.59. The van der Waals surface area contributed by atoms with E-state index in [1.54, 1.807) is 0 Å². The van der Waals surface area contributed by atoms with E-state index in [0.717, 1.165) is 0 Å². The van der Waals surface area contributed by atoms with Gasteiger partial charge in [0, 0.05) is 15.0 Å². The molecule has 0 N–H and O–H groups in total. The lowest BCUT2D eigenvalue weighted by molar-refractivity contribution is 0.501. The zero-order valence-corrected chi connectivity index (χ0v) is 9.65. The van der Waals surface area contributed by atoms with Gasteiger partial charge in [-0.2, -0.15) is 0 Å². The van der Waals surface area contributed by atoms with Crippen molar-refractivity contribution in [2.45, 2.75) is 0 Å².